The lowest BCUT2D eigenvalue weighted by Crippen LogP contribution is -2.42. The lowest BCUT2D eigenvalue weighted by atomic mass is 10.0. The van der Waals surface area contributed by atoms with Crippen LogP contribution in [0.15, 0.2) is 52.2 Å². The van der Waals surface area contributed by atoms with E-state index in [1.807, 2.05) is 18.2 Å². The van der Waals surface area contributed by atoms with Gasteiger partial charge in [0.15, 0.2) is 22.3 Å². The number of thiazole rings is 1. The van der Waals surface area contributed by atoms with Gasteiger partial charge in [-0.2, -0.15) is 0 Å². The maximum atomic E-state index is 15.5. The van der Waals surface area contributed by atoms with E-state index in [0.717, 1.165) is 17.4 Å². The number of benzene rings is 2. The van der Waals surface area contributed by atoms with Gasteiger partial charge in [-0.15, -0.1) is 15.6 Å². The second kappa shape index (κ2) is 12.0. The summed E-state index contributed by atoms with van der Waals surface area (Å²) in [6.45, 7) is 8.06. The third-order valence-electron chi connectivity index (χ3n) is 6.37. The molecular formula is C27H30ClF2N3O5S2. The molecule has 0 spiro atoms. The number of nitrogens with zero attached hydrogens (tertiary/aromatic N) is 3. The van der Waals surface area contributed by atoms with Gasteiger partial charge in [0.25, 0.3) is 10.0 Å². The molecule has 1 amide bonds. The summed E-state index contributed by atoms with van der Waals surface area (Å²) in [7, 11) is -5.17. The van der Waals surface area contributed by atoms with Crippen LogP contribution >= 0.6 is 22.9 Å². The summed E-state index contributed by atoms with van der Waals surface area (Å²) < 4.78 is 68.9. The molecule has 0 saturated carbocycles. The predicted molar refractivity (Wildman–Crippen MR) is 149 cm³/mol. The van der Waals surface area contributed by atoms with Crippen molar-refractivity contribution in [1.29, 1.82) is 0 Å². The molecule has 0 bridgehead atoms. The van der Waals surface area contributed by atoms with E-state index in [2.05, 4.69) is 28.9 Å². The zero-order chi connectivity index (χ0) is 29.2. The summed E-state index contributed by atoms with van der Waals surface area (Å²) in [5.74, 6) is -3.72. The first kappa shape index (κ1) is 30.2. The Morgan fingerprint density at radius 2 is 1.85 bits per heavy atom. The molecule has 4 rings (SSSR count). The summed E-state index contributed by atoms with van der Waals surface area (Å²) in [4.78, 5) is 17.6. The van der Waals surface area contributed by atoms with Crippen molar-refractivity contribution in [3.05, 3.63) is 69.5 Å². The molecule has 1 saturated heterocycles. The first-order valence-electron chi connectivity index (χ1n) is 12.6. The average molecular weight is 614 g/mol. The second-order valence-electron chi connectivity index (χ2n) is 10.3. The van der Waals surface area contributed by atoms with Crippen LogP contribution in [-0.4, -0.2) is 49.2 Å². The first-order chi connectivity index (χ1) is 18.8. The van der Waals surface area contributed by atoms with Crippen LogP contribution in [0.5, 0.6) is 5.75 Å². The Labute approximate surface area is 241 Å². The fourth-order valence-electron chi connectivity index (χ4n) is 4.40. The number of carbonyl (C=O) groups excluding carboxylic acids is 1. The Bertz CT molecular complexity index is 1440. The molecule has 0 N–H and O–H groups in total. The van der Waals surface area contributed by atoms with E-state index in [4.69, 9.17) is 21.1 Å². The lowest BCUT2D eigenvalue weighted by molar-refractivity contribution is 0.0608. The van der Waals surface area contributed by atoms with Gasteiger partial charge in [0.1, 0.15) is 22.5 Å². The smallest absolute Gasteiger partial charge is 0.430 e. The van der Waals surface area contributed by atoms with Crippen molar-refractivity contribution in [1.82, 2.24) is 9.88 Å². The number of hydrogen-bond acceptors (Lipinski definition) is 8. The van der Waals surface area contributed by atoms with Crippen molar-refractivity contribution in [2.45, 2.75) is 63.2 Å². The number of hydrogen-bond donors (Lipinski definition) is 0. The van der Waals surface area contributed by atoms with Gasteiger partial charge < -0.3 is 9.47 Å². The third kappa shape index (κ3) is 6.56. The number of piperidine rings is 1. The minimum Gasteiger partial charge on any atom is -0.489 e. The number of anilines is 1. The molecule has 1 aliphatic rings. The highest BCUT2D eigenvalue weighted by atomic mass is 35.5. The predicted octanol–water partition coefficient (Wildman–Crippen LogP) is 6.81. The summed E-state index contributed by atoms with van der Waals surface area (Å²) in [5, 5.41) is 0.531. The topological polar surface area (TPSA) is 89.0 Å². The van der Waals surface area contributed by atoms with Gasteiger partial charge in [-0.3, -0.25) is 4.90 Å². The number of carbonyl (C=O) groups is 1. The van der Waals surface area contributed by atoms with Gasteiger partial charge in [-0.25, -0.2) is 27.0 Å². The molecule has 1 aliphatic heterocycles. The number of rotatable bonds is 7. The van der Waals surface area contributed by atoms with Gasteiger partial charge in [-0.1, -0.05) is 41.9 Å². The van der Waals surface area contributed by atoms with E-state index >= 15 is 8.78 Å². The Hall–Kier alpha value is -2.80. The average Bonchev–Trinajstić information content (AvgIpc) is 3.40. The van der Waals surface area contributed by atoms with Crippen molar-refractivity contribution in [3.8, 4) is 5.75 Å². The molecular weight excluding hydrogens is 584 g/mol. The SMILES string of the molecule is C[C@H](c1ccccc1)N1CCC(Oc2cc(F)c(S(=O)(=O)N(C(=O)OC(C)(C)C)c3cscn3)c(F)c2Cl)CC1. The minimum absolute atomic E-state index is 0.122. The molecule has 0 unspecified atom stereocenters. The largest absolute Gasteiger partial charge is 0.489 e. The van der Waals surface area contributed by atoms with E-state index in [0.29, 0.717) is 25.9 Å². The fourth-order valence-corrected chi connectivity index (χ4v) is 6.63. The van der Waals surface area contributed by atoms with Crippen LogP contribution in [-0.2, 0) is 14.8 Å². The van der Waals surface area contributed by atoms with E-state index in [-0.39, 0.29) is 28.0 Å². The standard InChI is InChI=1S/C27H30ClF2N3O5S2/c1-17(18-8-6-5-7-9-18)32-12-10-19(11-13-32)37-21-14-20(29)25(24(30)23(21)28)40(35,36)33(22-15-39-16-31-22)26(34)38-27(2,3)4/h5-9,14-17,19H,10-13H2,1-4H3/t17-/m1/s1. The summed E-state index contributed by atoms with van der Waals surface area (Å²) in [5.41, 5.74) is 1.36. The van der Waals surface area contributed by atoms with Gasteiger partial charge in [0, 0.05) is 30.6 Å². The maximum Gasteiger partial charge on any atom is 0.430 e. The zero-order valence-electron chi connectivity index (χ0n) is 22.4. The molecule has 2 aromatic carbocycles. The summed E-state index contributed by atoms with van der Waals surface area (Å²) in [6.07, 6.45) is -0.600. The fraction of sp³-hybridized carbons (Fsp3) is 0.407. The van der Waals surface area contributed by atoms with Crippen molar-refractivity contribution >= 4 is 44.9 Å². The van der Waals surface area contributed by atoms with E-state index in [1.165, 1.54) is 37.2 Å². The highest BCUT2D eigenvalue weighted by molar-refractivity contribution is 7.93. The molecule has 40 heavy (non-hydrogen) atoms. The molecule has 0 aliphatic carbocycles. The third-order valence-corrected chi connectivity index (χ3v) is 9.00. The van der Waals surface area contributed by atoms with Crippen LogP contribution < -0.4 is 9.04 Å². The monoisotopic (exact) mass is 613 g/mol. The molecule has 13 heteroatoms. The lowest BCUT2D eigenvalue weighted by Gasteiger charge is -2.36. The van der Waals surface area contributed by atoms with Gasteiger partial charge >= 0.3 is 6.09 Å². The summed E-state index contributed by atoms with van der Waals surface area (Å²) >= 11 is 7.17. The van der Waals surface area contributed by atoms with Crippen molar-refractivity contribution in [3.63, 3.8) is 0 Å². The van der Waals surface area contributed by atoms with Crippen molar-refractivity contribution < 1.29 is 31.5 Å². The van der Waals surface area contributed by atoms with Gasteiger partial charge in [0.2, 0.25) is 0 Å². The van der Waals surface area contributed by atoms with Crippen LogP contribution in [0.4, 0.5) is 19.4 Å². The number of likely N-dealkylation sites (tertiary alicyclic amines) is 1. The Morgan fingerprint density at radius 1 is 1.20 bits per heavy atom. The minimum atomic E-state index is -5.17. The van der Waals surface area contributed by atoms with E-state index < -0.39 is 43.3 Å². The molecule has 1 aromatic heterocycles. The van der Waals surface area contributed by atoms with E-state index in [9.17, 15) is 13.2 Å². The van der Waals surface area contributed by atoms with Crippen LogP contribution in [0.3, 0.4) is 0 Å². The van der Waals surface area contributed by atoms with E-state index in [1.54, 1.807) is 0 Å². The Kier molecular flexibility index (Phi) is 9.03. The van der Waals surface area contributed by atoms with Crippen LogP contribution in [0.2, 0.25) is 5.02 Å². The quantitative estimate of drug-likeness (QED) is 0.270. The molecule has 1 fully saturated rings. The second-order valence-corrected chi connectivity index (χ2v) is 13.2. The number of aromatic nitrogens is 1. The number of halogens is 3. The zero-order valence-corrected chi connectivity index (χ0v) is 24.8. The highest BCUT2D eigenvalue weighted by Gasteiger charge is 2.41. The van der Waals surface area contributed by atoms with Crippen LogP contribution in [0, 0.1) is 11.6 Å². The summed E-state index contributed by atoms with van der Waals surface area (Å²) in [6, 6.07) is 11.0. The van der Waals surface area contributed by atoms with Crippen LogP contribution in [0.25, 0.3) is 0 Å². The van der Waals surface area contributed by atoms with Crippen molar-refractivity contribution in [2.24, 2.45) is 0 Å². The van der Waals surface area contributed by atoms with Gasteiger partial charge in [-0.05, 0) is 46.1 Å². The van der Waals surface area contributed by atoms with Crippen molar-refractivity contribution in [2.75, 3.05) is 17.4 Å². The number of ether oxygens (including phenoxy) is 2. The molecule has 1 atom stereocenters. The number of amides is 1. The first-order valence-corrected chi connectivity index (χ1v) is 15.4. The number of sulfonamides is 1. The van der Waals surface area contributed by atoms with Gasteiger partial charge in [0.05, 0.1) is 5.51 Å². The molecule has 216 valence electrons. The Morgan fingerprint density at radius 3 is 2.42 bits per heavy atom. The Balaban J connectivity index is 1.56. The molecule has 2 heterocycles. The molecule has 8 nitrogen and oxygen atoms in total. The highest BCUT2D eigenvalue weighted by Crippen LogP contribution is 2.38. The van der Waals surface area contributed by atoms with Crippen LogP contribution in [0.1, 0.15) is 52.1 Å². The normalized spacial score (nSPS) is 16.0. The molecule has 0 radical (unpaired) electrons. The maximum absolute atomic E-state index is 15.5. The molecule has 3 aromatic rings.